The molecule has 0 N–H and O–H groups in total. The Morgan fingerprint density at radius 3 is 2.68 bits per heavy atom. The Kier molecular flexibility index (Phi) is 3.94. The Labute approximate surface area is 152 Å². The molecule has 2 heteroatoms. The lowest BCUT2D eigenvalue weighted by atomic mass is 9.44. The highest BCUT2D eigenvalue weighted by atomic mass is 16.5. The van der Waals surface area contributed by atoms with Gasteiger partial charge >= 0.3 is 0 Å². The lowest BCUT2D eigenvalue weighted by Gasteiger charge is -2.61. The van der Waals surface area contributed by atoms with Crippen LogP contribution >= 0.6 is 0 Å². The smallest absolute Gasteiger partial charge is 0.155 e. The Bertz CT molecular complexity index is 670. The second kappa shape index (κ2) is 5.69. The van der Waals surface area contributed by atoms with Crippen LogP contribution in [0.1, 0.15) is 65.2 Å². The molecular formula is C23H32O2. The Hall–Kier alpha value is -1.11. The summed E-state index contributed by atoms with van der Waals surface area (Å²) in [7, 11) is 1.86. The third-order valence-electron chi connectivity index (χ3n) is 8.84. The second-order valence-electron chi connectivity index (χ2n) is 9.43. The first-order valence-electron chi connectivity index (χ1n) is 10.1. The molecule has 3 fully saturated rings. The van der Waals surface area contributed by atoms with Crippen molar-refractivity contribution in [3.05, 3.63) is 30.0 Å². The van der Waals surface area contributed by atoms with Gasteiger partial charge in [0, 0.05) is 18.9 Å². The summed E-state index contributed by atoms with van der Waals surface area (Å²) >= 11 is 0. The van der Waals surface area contributed by atoms with Crippen molar-refractivity contribution in [2.75, 3.05) is 7.11 Å². The molecule has 0 amide bonds. The molecule has 0 aromatic heterocycles. The average Bonchev–Trinajstić information content (AvgIpc) is 2.88. The van der Waals surface area contributed by atoms with E-state index in [1.165, 1.54) is 31.3 Å². The molecule has 136 valence electrons. The minimum absolute atomic E-state index is 0.183. The van der Waals surface area contributed by atoms with Gasteiger partial charge < -0.3 is 4.74 Å². The third-order valence-corrected chi connectivity index (χ3v) is 8.84. The maximum Gasteiger partial charge on any atom is 0.155 e. The van der Waals surface area contributed by atoms with Gasteiger partial charge in [-0.15, -0.1) is 5.73 Å². The molecule has 0 aliphatic heterocycles. The lowest BCUT2D eigenvalue weighted by Crippen LogP contribution is -2.56. The fraction of sp³-hybridized carbons (Fsp3) is 0.739. The Balaban J connectivity index is 1.72. The van der Waals surface area contributed by atoms with Gasteiger partial charge in [-0.1, -0.05) is 26.0 Å². The van der Waals surface area contributed by atoms with Crippen molar-refractivity contribution < 1.29 is 9.53 Å². The van der Waals surface area contributed by atoms with Crippen molar-refractivity contribution in [2.24, 2.45) is 28.6 Å². The van der Waals surface area contributed by atoms with Crippen LogP contribution in [0, 0.1) is 28.6 Å². The zero-order chi connectivity index (χ0) is 17.9. The molecule has 0 unspecified atom stereocenters. The number of fused-ring (bicyclic) bond motifs is 5. The van der Waals surface area contributed by atoms with Crippen LogP contribution in [-0.4, -0.2) is 18.5 Å². The molecule has 4 rings (SSSR count). The van der Waals surface area contributed by atoms with Crippen molar-refractivity contribution in [2.45, 2.75) is 70.8 Å². The van der Waals surface area contributed by atoms with E-state index < -0.39 is 0 Å². The van der Waals surface area contributed by atoms with Crippen molar-refractivity contribution >= 4 is 5.78 Å². The van der Waals surface area contributed by atoms with Crippen molar-refractivity contribution in [1.29, 1.82) is 0 Å². The monoisotopic (exact) mass is 340 g/mol. The number of ether oxygens (including phenoxy) is 1. The fourth-order valence-electron chi connectivity index (χ4n) is 7.44. The van der Waals surface area contributed by atoms with E-state index in [1.54, 1.807) is 0 Å². The summed E-state index contributed by atoms with van der Waals surface area (Å²) in [5.41, 5.74) is 4.85. The molecule has 3 saturated carbocycles. The van der Waals surface area contributed by atoms with Crippen LogP contribution in [-0.2, 0) is 9.53 Å². The van der Waals surface area contributed by atoms with Gasteiger partial charge in [0.15, 0.2) is 5.78 Å². The number of carbonyl (C=O) groups is 1. The van der Waals surface area contributed by atoms with E-state index in [0.717, 1.165) is 31.6 Å². The summed E-state index contributed by atoms with van der Waals surface area (Å²) < 4.78 is 6.13. The molecule has 0 aromatic rings. The van der Waals surface area contributed by atoms with Gasteiger partial charge in [0.2, 0.25) is 0 Å². The Morgan fingerprint density at radius 1 is 1.16 bits per heavy atom. The first-order valence-corrected chi connectivity index (χ1v) is 10.1. The first-order chi connectivity index (χ1) is 11.9. The van der Waals surface area contributed by atoms with Crippen molar-refractivity contribution in [3.8, 4) is 0 Å². The molecule has 0 bridgehead atoms. The quantitative estimate of drug-likeness (QED) is 0.642. The predicted molar refractivity (Wildman–Crippen MR) is 100 cm³/mol. The largest absolute Gasteiger partial charge is 0.373 e. The minimum atomic E-state index is -0.195. The summed E-state index contributed by atoms with van der Waals surface area (Å²) in [6.07, 6.45) is 13.1. The number of methoxy groups -OCH3 is 1. The minimum Gasteiger partial charge on any atom is -0.373 e. The van der Waals surface area contributed by atoms with E-state index in [9.17, 15) is 4.79 Å². The SMILES string of the molecule is C=C=C[C@]1(OC)CC[C@H]2[C@@H]3CCC4=CC(=O)CC[C@@H]4[C@@]3(C)CC[C@@]21C. The molecule has 0 heterocycles. The molecule has 2 nitrogen and oxygen atoms in total. The average molecular weight is 341 g/mol. The number of hydrogen-bond donors (Lipinski definition) is 0. The van der Waals surface area contributed by atoms with Crippen LogP contribution in [0.25, 0.3) is 0 Å². The summed E-state index contributed by atoms with van der Waals surface area (Å²) in [5, 5.41) is 0. The Morgan fingerprint density at radius 2 is 1.96 bits per heavy atom. The van der Waals surface area contributed by atoms with Gasteiger partial charge in [0.25, 0.3) is 0 Å². The number of ketones is 1. The molecule has 0 radical (unpaired) electrons. The van der Waals surface area contributed by atoms with Gasteiger partial charge in [0.05, 0.1) is 5.60 Å². The first kappa shape index (κ1) is 17.3. The fourth-order valence-corrected chi connectivity index (χ4v) is 7.44. The highest BCUT2D eigenvalue weighted by Gasteiger charge is 2.65. The molecule has 0 spiro atoms. The van der Waals surface area contributed by atoms with Gasteiger partial charge in [-0.3, -0.25) is 4.79 Å². The summed E-state index contributed by atoms with van der Waals surface area (Å²) in [6, 6.07) is 0. The summed E-state index contributed by atoms with van der Waals surface area (Å²) in [6.45, 7) is 8.83. The number of rotatable bonds is 2. The molecule has 25 heavy (non-hydrogen) atoms. The highest BCUT2D eigenvalue weighted by Crippen LogP contribution is 2.69. The molecular weight excluding hydrogens is 308 g/mol. The van der Waals surface area contributed by atoms with E-state index >= 15 is 0 Å². The van der Waals surface area contributed by atoms with Crippen LogP contribution in [0.5, 0.6) is 0 Å². The maximum atomic E-state index is 11.9. The van der Waals surface area contributed by atoms with Crippen LogP contribution in [0.15, 0.2) is 30.0 Å². The summed E-state index contributed by atoms with van der Waals surface area (Å²) in [5.74, 6) is 2.43. The molecule has 0 saturated heterocycles. The van der Waals surface area contributed by atoms with Gasteiger partial charge in [-0.2, -0.15) is 0 Å². The van der Waals surface area contributed by atoms with Crippen LogP contribution in [0.3, 0.4) is 0 Å². The number of allylic oxidation sites excluding steroid dienone is 1. The summed E-state index contributed by atoms with van der Waals surface area (Å²) in [4.78, 5) is 11.9. The number of hydrogen-bond acceptors (Lipinski definition) is 2. The van der Waals surface area contributed by atoms with E-state index in [2.05, 4.69) is 32.2 Å². The zero-order valence-corrected chi connectivity index (χ0v) is 16.1. The normalized spacial score (nSPS) is 48.7. The molecule has 4 aliphatic rings. The van der Waals surface area contributed by atoms with Crippen LogP contribution < -0.4 is 0 Å². The third kappa shape index (κ3) is 2.17. The maximum absolute atomic E-state index is 11.9. The topological polar surface area (TPSA) is 26.3 Å². The molecule has 4 aliphatic carbocycles. The van der Waals surface area contributed by atoms with E-state index in [-0.39, 0.29) is 11.0 Å². The van der Waals surface area contributed by atoms with E-state index in [4.69, 9.17) is 4.74 Å². The molecule has 0 aromatic carbocycles. The van der Waals surface area contributed by atoms with E-state index in [0.29, 0.717) is 23.0 Å². The van der Waals surface area contributed by atoms with Gasteiger partial charge in [-0.25, -0.2) is 0 Å². The lowest BCUT2D eigenvalue weighted by molar-refractivity contribution is -0.137. The van der Waals surface area contributed by atoms with Crippen molar-refractivity contribution in [3.63, 3.8) is 0 Å². The molecule has 6 atom stereocenters. The second-order valence-corrected chi connectivity index (χ2v) is 9.43. The zero-order valence-electron chi connectivity index (χ0n) is 16.1. The van der Waals surface area contributed by atoms with E-state index in [1.807, 2.05) is 13.2 Å². The number of carbonyl (C=O) groups excluding carboxylic acids is 1. The van der Waals surface area contributed by atoms with Crippen molar-refractivity contribution in [1.82, 2.24) is 0 Å². The standard InChI is InChI=1S/C23H32O2/c1-5-11-23(25-4)12-10-20-19-8-6-16-15-17(24)7-9-18(16)21(19,2)13-14-22(20,23)3/h11,15,18-20H,1,6-10,12-14H2,2-4H3/t18-,19-,20-,21+,22-,23-/m0/s1. The highest BCUT2D eigenvalue weighted by molar-refractivity contribution is 5.91. The van der Waals surface area contributed by atoms with Gasteiger partial charge in [0.1, 0.15) is 0 Å². The predicted octanol–water partition coefficient (Wildman–Crippen LogP) is 5.24. The van der Waals surface area contributed by atoms with Gasteiger partial charge in [-0.05, 0) is 80.3 Å². The van der Waals surface area contributed by atoms with Crippen LogP contribution in [0.2, 0.25) is 0 Å². The van der Waals surface area contributed by atoms with Crippen LogP contribution in [0.4, 0.5) is 0 Å².